The van der Waals surface area contributed by atoms with Crippen LogP contribution in [0.15, 0.2) is 82.8 Å². The Kier molecular flexibility index (Phi) is 7.38. The number of anilines is 1. The van der Waals surface area contributed by atoms with E-state index in [0.717, 1.165) is 6.07 Å². The number of pyridine rings is 1. The molecule has 0 amide bonds. The highest BCUT2D eigenvalue weighted by Crippen LogP contribution is 2.46. The van der Waals surface area contributed by atoms with Crippen LogP contribution < -0.4 is 10.5 Å². The summed E-state index contributed by atoms with van der Waals surface area (Å²) in [5.74, 6) is -1.32. The molecule has 0 unspecified atom stereocenters. The van der Waals surface area contributed by atoms with Gasteiger partial charge in [-0.05, 0) is 72.0 Å². The monoisotopic (exact) mass is 556 g/mol. The topological polar surface area (TPSA) is 120 Å². The van der Waals surface area contributed by atoms with E-state index < -0.39 is 43.7 Å². The molecule has 0 atom stereocenters. The third-order valence-electron chi connectivity index (χ3n) is 6.32. The molecule has 0 radical (unpaired) electrons. The molecule has 1 aromatic heterocycles. The molecule has 4 rings (SSSR count). The Hall–Kier alpha value is -4.38. The van der Waals surface area contributed by atoms with Crippen molar-refractivity contribution in [3.05, 3.63) is 101 Å². The van der Waals surface area contributed by atoms with Crippen molar-refractivity contribution < 1.29 is 36.2 Å². The highest BCUT2D eigenvalue weighted by atomic mass is 32.2. The van der Waals surface area contributed by atoms with Crippen LogP contribution in [0.2, 0.25) is 0 Å². The van der Waals surface area contributed by atoms with Crippen LogP contribution >= 0.6 is 0 Å². The van der Waals surface area contributed by atoms with Gasteiger partial charge in [-0.1, -0.05) is 24.3 Å². The number of nitrogens with two attached hydrogens (primary N) is 1. The summed E-state index contributed by atoms with van der Waals surface area (Å²) in [6.45, 7) is 1.37. The highest BCUT2D eigenvalue weighted by molar-refractivity contribution is 7.91. The molecule has 3 N–H and O–H groups in total. The number of nitrogen functional groups attached to an aromatic ring is 1. The minimum atomic E-state index is -4.79. The van der Waals surface area contributed by atoms with Crippen molar-refractivity contribution in [1.82, 2.24) is 4.98 Å². The zero-order chi connectivity index (χ0) is 28.5. The van der Waals surface area contributed by atoms with E-state index >= 15 is 0 Å². The first-order valence-corrected chi connectivity index (χ1v) is 13.0. The average Bonchev–Trinajstić information content (AvgIpc) is 2.90. The van der Waals surface area contributed by atoms with Gasteiger partial charge < -0.3 is 15.6 Å². The quantitative estimate of drug-likeness (QED) is 0.277. The fourth-order valence-corrected chi connectivity index (χ4v) is 6.25. The van der Waals surface area contributed by atoms with Crippen LogP contribution in [0, 0.1) is 6.92 Å². The van der Waals surface area contributed by atoms with Crippen molar-refractivity contribution in [2.45, 2.75) is 29.3 Å². The minimum Gasteiger partial charge on any atom is -0.497 e. The van der Waals surface area contributed by atoms with Crippen LogP contribution in [0.3, 0.4) is 0 Å². The van der Waals surface area contributed by atoms with Crippen LogP contribution in [0.4, 0.5) is 18.9 Å². The number of benzene rings is 3. The van der Waals surface area contributed by atoms with Crippen LogP contribution in [-0.4, -0.2) is 31.6 Å². The first-order valence-electron chi connectivity index (χ1n) is 11.5. The molecule has 0 saturated heterocycles. The summed E-state index contributed by atoms with van der Waals surface area (Å²) in [7, 11) is -3.10. The van der Waals surface area contributed by atoms with Gasteiger partial charge in [-0.15, -0.1) is 0 Å². The number of halogens is 3. The van der Waals surface area contributed by atoms with Crippen LogP contribution in [0.5, 0.6) is 5.75 Å². The second-order valence-electron chi connectivity index (χ2n) is 8.66. The fraction of sp³-hybridized carbons (Fsp3) is 0.143. The summed E-state index contributed by atoms with van der Waals surface area (Å²) < 4.78 is 75.0. The number of hydrogen-bond donors (Lipinski definition) is 2. The molecule has 0 fully saturated rings. The maximum Gasteiger partial charge on any atom is 0.417 e. The maximum absolute atomic E-state index is 14.1. The normalized spacial score (nSPS) is 11.8. The molecule has 4 aromatic rings. The number of ether oxygens (including phenoxy) is 1. The van der Waals surface area contributed by atoms with Gasteiger partial charge >= 0.3 is 12.1 Å². The van der Waals surface area contributed by atoms with Crippen molar-refractivity contribution in [1.29, 1.82) is 0 Å². The lowest BCUT2D eigenvalue weighted by atomic mass is 9.86. The largest absolute Gasteiger partial charge is 0.497 e. The number of aromatic nitrogens is 1. The number of hydrogen-bond acceptors (Lipinski definition) is 6. The SMILES string of the molecule is COc1ccc(S(=O)(=O)c2c(C)c(Cc3cccnc3)c(-c3ccccc3C(F)(F)F)c(N)c2C(=O)O)cc1. The van der Waals surface area contributed by atoms with Gasteiger partial charge in [-0.3, -0.25) is 4.98 Å². The molecule has 0 spiro atoms. The molecule has 11 heteroatoms. The lowest BCUT2D eigenvalue weighted by Crippen LogP contribution is -2.18. The molecule has 3 aromatic carbocycles. The molecule has 0 saturated carbocycles. The van der Waals surface area contributed by atoms with Gasteiger partial charge in [-0.25, -0.2) is 13.2 Å². The van der Waals surface area contributed by atoms with E-state index in [1.54, 1.807) is 12.1 Å². The number of methoxy groups -OCH3 is 1. The number of carbonyl (C=O) groups is 1. The van der Waals surface area contributed by atoms with E-state index in [2.05, 4.69) is 4.98 Å². The number of sulfone groups is 1. The Morgan fingerprint density at radius 1 is 1.05 bits per heavy atom. The number of aromatic carboxylic acids is 1. The van der Waals surface area contributed by atoms with E-state index in [4.69, 9.17) is 10.5 Å². The Balaban J connectivity index is 2.14. The summed E-state index contributed by atoms with van der Waals surface area (Å²) in [6.07, 6.45) is -1.86. The number of carboxylic acid groups (broad SMARTS) is 1. The van der Waals surface area contributed by atoms with Crippen LogP contribution in [-0.2, 0) is 22.4 Å². The van der Waals surface area contributed by atoms with E-state index in [1.807, 2.05) is 0 Å². The second-order valence-corrected chi connectivity index (χ2v) is 10.5. The lowest BCUT2D eigenvalue weighted by Gasteiger charge is -2.24. The Bertz CT molecular complexity index is 1650. The van der Waals surface area contributed by atoms with Crippen molar-refractivity contribution in [3.8, 4) is 16.9 Å². The first kappa shape index (κ1) is 27.6. The molecule has 0 aliphatic rings. The molecular weight excluding hydrogens is 533 g/mol. The molecule has 1 heterocycles. The zero-order valence-corrected chi connectivity index (χ0v) is 21.6. The molecular formula is C28H23F3N2O5S. The summed E-state index contributed by atoms with van der Waals surface area (Å²) in [4.78, 5) is 15.7. The van der Waals surface area contributed by atoms with Crippen molar-refractivity contribution in [2.75, 3.05) is 12.8 Å². The summed E-state index contributed by atoms with van der Waals surface area (Å²) >= 11 is 0. The molecule has 7 nitrogen and oxygen atoms in total. The van der Waals surface area contributed by atoms with Gasteiger partial charge in [0.15, 0.2) is 0 Å². The van der Waals surface area contributed by atoms with Gasteiger partial charge in [0.1, 0.15) is 11.3 Å². The Labute approximate surface area is 222 Å². The molecule has 0 aliphatic heterocycles. The van der Waals surface area contributed by atoms with Gasteiger partial charge in [0.05, 0.1) is 28.2 Å². The predicted molar refractivity (Wildman–Crippen MR) is 138 cm³/mol. The average molecular weight is 557 g/mol. The van der Waals surface area contributed by atoms with Gasteiger partial charge in [0.25, 0.3) is 0 Å². The molecule has 202 valence electrons. The standard InChI is InChI=1S/C28H23F3N2O5S/c1-16-21(14-17-6-5-13-33-15-17)23(20-7-3-4-8-22(20)28(29,30)31)25(32)24(27(34)35)26(16)39(36,37)19-11-9-18(38-2)10-12-19/h3-13,15H,14,32H2,1-2H3,(H,34,35). The first-order chi connectivity index (χ1) is 18.4. The highest BCUT2D eigenvalue weighted by Gasteiger charge is 2.37. The van der Waals surface area contributed by atoms with Gasteiger partial charge in [0, 0.05) is 18.0 Å². The lowest BCUT2D eigenvalue weighted by molar-refractivity contribution is -0.137. The third-order valence-corrected chi connectivity index (χ3v) is 8.26. The van der Waals surface area contributed by atoms with Crippen molar-refractivity contribution >= 4 is 21.5 Å². The summed E-state index contributed by atoms with van der Waals surface area (Å²) in [5, 5.41) is 10.1. The van der Waals surface area contributed by atoms with E-state index in [9.17, 15) is 31.5 Å². The second kappa shape index (κ2) is 10.4. The summed E-state index contributed by atoms with van der Waals surface area (Å²) in [6, 6.07) is 13.2. The van der Waals surface area contributed by atoms with Crippen molar-refractivity contribution in [2.24, 2.45) is 0 Å². The number of rotatable bonds is 7. The number of carboxylic acids is 1. The number of nitrogens with zero attached hydrogens (tertiary/aromatic N) is 1. The van der Waals surface area contributed by atoms with E-state index in [1.165, 1.54) is 68.9 Å². The fourth-order valence-electron chi connectivity index (χ4n) is 4.53. The van der Waals surface area contributed by atoms with E-state index in [0.29, 0.717) is 11.3 Å². The molecule has 0 bridgehead atoms. The Morgan fingerprint density at radius 2 is 1.72 bits per heavy atom. The van der Waals surface area contributed by atoms with Crippen LogP contribution in [0.1, 0.15) is 32.6 Å². The zero-order valence-electron chi connectivity index (χ0n) is 20.8. The smallest absolute Gasteiger partial charge is 0.417 e. The van der Waals surface area contributed by atoms with Crippen molar-refractivity contribution in [3.63, 3.8) is 0 Å². The predicted octanol–water partition coefficient (Wildman–Crippen LogP) is 5.79. The molecule has 0 aliphatic carbocycles. The third kappa shape index (κ3) is 5.17. The molecule has 39 heavy (non-hydrogen) atoms. The van der Waals surface area contributed by atoms with Gasteiger partial charge in [-0.2, -0.15) is 13.2 Å². The van der Waals surface area contributed by atoms with E-state index in [-0.39, 0.29) is 33.6 Å². The summed E-state index contributed by atoms with van der Waals surface area (Å²) in [5.41, 5.74) is 4.00. The maximum atomic E-state index is 14.1. The Morgan fingerprint density at radius 3 is 2.28 bits per heavy atom. The van der Waals surface area contributed by atoms with Gasteiger partial charge in [0.2, 0.25) is 9.84 Å². The number of alkyl halides is 3. The van der Waals surface area contributed by atoms with Crippen LogP contribution in [0.25, 0.3) is 11.1 Å². The minimum absolute atomic E-state index is 0.0340.